The van der Waals surface area contributed by atoms with Crippen LogP contribution in [0.4, 0.5) is 0 Å². The first-order chi connectivity index (χ1) is 15.6. The normalized spacial score (nSPS) is 13.7. The van der Waals surface area contributed by atoms with Crippen molar-refractivity contribution in [2.75, 3.05) is 32.8 Å². The van der Waals surface area contributed by atoms with E-state index in [-0.39, 0.29) is 24.9 Å². The van der Waals surface area contributed by atoms with E-state index in [1.807, 2.05) is 30.3 Å². The van der Waals surface area contributed by atoms with Gasteiger partial charge in [-0.15, -0.1) is 12.4 Å². The molecule has 0 unspecified atom stereocenters. The summed E-state index contributed by atoms with van der Waals surface area (Å²) in [4.78, 5) is 26.1. The summed E-state index contributed by atoms with van der Waals surface area (Å²) < 4.78 is 11.6. The lowest BCUT2D eigenvalue weighted by Crippen LogP contribution is -2.38. The second kappa shape index (κ2) is 11.5. The van der Waals surface area contributed by atoms with Gasteiger partial charge in [-0.05, 0) is 55.9 Å². The highest BCUT2D eigenvalue weighted by molar-refractivity contribution is 5.96. The number of carbonyl (C=O) groups is 2. The molecule has 0 saturated carbocycles. The molecule has 8 nitrogen and oxygen atoms in total. The van der Waals surface area contributed by atoms with E-state index in [9.17, 15) is 9.59 Å². The van der Waals surface area contributed by atoms with E-state index >= 15 is 0 Å². The van der Waals surface area contributed by atoms with E-state index in [1.54, 1.807) is 23.7 Å². The highest BCUT2D eigenvalue weighted by Gasteiger charge is 2.19. The summed E-state index contributed by atoms with van der Waals surface area (Å²) in [6.07, 6.45) is 2.76. The molecule has 2 amide bonds. The lowest BCUT2D eigenvalue weighted by Gasteiger charge is -2.31. The van der Waals surface area contributed by atoms with Crippen molar-refractivity contribution < 1.29 is 24.0 Å². The Morgan fingerprint density at radius 2 is 1.88 bits per heavy atom. The summed E-state index contributed by atoms with van der Waals surface area (Å²) in [7, 11) is 0. The summed E-state index contributed by atoms with van der Waals surface area (Å²) >= 11 is 0. The number of hydrogen-bond acceptors (Lipinski definition) is 6. The molecule has 9 heteroatoms. The molecule has 0 atom stereocenters. The molecule has 0 spiro atoms. The number of para-hydroxylation sites is 1. The van der Waals surface area contributed by atoms with Gasteiger partial charge in [0.1, 0.15) is 23.7 Å². The largest absolute Gasteiger partial charge is 0.492 e. The lowest BCUT2D eigenvalue weighted by molar-refractivity contribution is -0.116. The summed E-state index contributed by atoms with van der Waals surface area (Å²) in [6.45, 7) is 3.30. The van der Waals surface area contributed by atoms with Crippen LogP contribution >= 0.6 is 12.4 Å². The molecule has 2 aromatic carbocycles. The highest BCUT2D eigenvalue weighted by Crippen LogP contribution is 2.26. The van der Waals surface area contributed by atoms with Crippen molar-refractivity contribution in [2.45, 2.75) is 6.42 Å². The minimum Gasteiger partial charge on any atom is -0.492 e. The summed E-state index contributed by atoms with van der Waals surface area (Å²) in [5, 5.41) is 12.5. The van der Waals surface area contributed by atoms with Gasteiger partial charge in [0.05, 0.1) is 6.54 Å². The second-order valence-electron chi connectivity index (χ2n) is 7.55. The topological polar surface area (TPSA) is 104 Å². The van der Waals surface area contributed by atoms with E-state index in [1.165, 1.54) is 18.6 Å². The predicted octanol–water partition coefficient (Wildman–Crippen LogP) is 3.26. The van der Waals surface area contributed by atoms with Crippen LogP contribution in [0.2, 0.25) is 0 Å². The fourth-order valence-corrected chi connectivity index (χ4v) is 3.44. The third-order valence-corrected chi connectivity index (χ3v) is 5.28. The number of likely N-dealkylation sites (tertiary alicyclic amines) is 1. The van der Waals surface area contributed by atoms with Crippen LogP contribution < -0.4 is 15.5 Å². The fourth-order valence-electron chi connectivity index (χ4n) is 3.44. The van der Waals surface area contributed by atoms with E-state index in [0.29, 0.717) is 30.2 Å². The first-order valence-electron chi connectivity index (χ1n) is 10.5. The minimum absolute atomic E-state index is 0. The third kappa shape index (κ3) is 6.35. The smallest absolute Gasteiger partial charge is 0.274 e. The predicted molar refractivity (Wildman–Crippen MR) is 127 cm³/mol. The molecule has 0 bridgehead atoms. The molecule has 2 heterocycles. The van der Waals surface area contributed by atoms with Crippen molar-refractivity contribution >= 4 is 40.8 Å². The van der Waals surface area contributed by atoms with Gasteiger partial charge >= 0.3 is 0 Å². The van der Waals surface area contributed by atoms with Gasteiger partial charge in [-0.25, -0.2) is 5.48 Å². The van der Waals surface area contributed by atoms with Gasteiger partial charge in [-0.1, -0.05) is 18.2 Å². The van der Waals surface area contributed by atoms with Crippen molar-refractivity contribution in [1.29, 1.82) is 0 Å². The molecule has 1 aromatic heterocycles. The molecule has 4 rings (SSSR count). The van der Waals surface area contributed by atoms with Crippen molar-refractivity contribution in [3.8, 4) is 5.75 Å². The molecule has 3 aromatic rings. The van der Waals surface area contributed by atoms with Crippen LogP contribution in [0.5, 0.6) is 5.75 Å². The molecule has 1 aliphatic heterocycles. The lowest BCUT2D eigenvalue weighted by atomic mass is 10.1. The number of hydrogen-bond donors (Lipinski definition) is 3. The fraction of sp³-hybridized carbons (Fsp3) is 0.250. The van der Waals surface area contributed by atoms with Crippen LogP contribution in [0.1, 0.15) is 22.5 Å². The van der Waals surface area contributed by atoms with Gasteiger partial charge in [0.25, 0.3) is 5.91 Å². The Labute approximate surface area is 197 Å². The molecule has 174 valence electrons. The van der Waals surface area contributed by atoms with Crippen LogP contribution in [0, 0.1) is 0 Å². The number of rotatable bonds is 9. The quantitative estimate of drug-likeness (QED) is 0.191. The molecule has 0 aliphatic carbocycles. The Hall–Kier alpha value is -3.33. The molecule has 1 aliphatic rings. The number of amides is 2. The van der Waals surface area contributed by atoms with E-state index < -0.39 is 5.91 Å². The van der Waals surface area contributed by atoms with Gasteiger partial charge in [0, 0.05) is 29.1 Å². The number of nitrogens with zero attached hydrogens (tertiary/aromatic N) is 1. The summed E-state index contributed by atoms with van der Waals surface area (Å²) in [6, 6.07) is 16.1. The van der Waals surface area contributed by atoms with Crippen LogP contribution in [0.3, 0.4) is 0 Å². The van der Waals surface area contributed by atoms with E-state index in [2.05, 4.69) is 10.2 Å². The summed E-state index contributed by atoms with van der Waals surface area (Å²) in [5.74, 6) is 0.468. The first kappa shape index (κ1) is 24.3. The number of benzene rings is 2. The number of carbonyl (C=O) groups excluding carboxylic acids is 2. The Morgan fingerprint density at radius 3 is 2.55 bits per heavy atom. The maximum atomic E-state index is 12.5. The Morgan fingerprint density at radius 1 is 1.12 bits per heavy atom. The van der Waals surface area contributed by atoms with Crippen molar-refractivity contribution in [3.63, 3.8) is 0 Å². The van der Waals surface area contributed by atoms with Gasteiger partial charge in [0.2, 0.25) is 5.91 Å². The minimum atomic E-state index is -0.589. The Bertz CT molecular complexity index is 1090. The van der Waals surface area contributed by atoms with E-state index in [4.69, 9.17) is 14.4 Å². The van der Waals surface area contributed by atoms with Crippen LogP contribution in [-0.2, 0) is 4.79 Å². The molecule has 33 heavy (non-hydrogen) atoms. The Kier molecular flexibility index (Phi) is 8.48. The number of ether oxygens (including phenoxy) is 1. The van der Waals surface area contributed by atoms with E-state index in [0.717, 1.165) is 29.6 Å². The number of furan rings is 1. The van der Waals surface area contributed by atoms with Crippen LogP contribution in [-0.4, -0.2) is 54.7 Å². The maximum Gasteiger partial charge on any atom is 0.274 e. The second-order valence-corrected chi connectivity index (χ2v) is 7.55. The zero-order chi connectivity index (χ0) is 22.3. The van der Waals surface area contributed by atoms with Gasteiger partial charge in [-0.3, -0.25) is 19.7 Å². The number of hydroxylamine groups is 1. The van der Waals surface area contributed by atoms with Crippen LogP contribution in [0.15, 0.2) is 65.1 Å². The first-order valence-corrected chi connectivity index (χ1v) is 10.5. The molecule has 3 N–H and O–H groups in total. The zero-order valence-electron chi connectivity index (χ0n) is 18.0. The molecule has 1 fully saturated rings. The molecular weight excluding hydrogens is 446 g/mol. The standard InChI is InChI=1S/C24H25N3O5.ClH/c28-23(25-10-13-31-20-8-6-17(7-9-20)24(29)26-30)15-19(16-27-11-3-12-27)22-14-18-4-1-2-5-21(18)32-22;/h1-2,4-9,14-15,30H,3,10-13,16H2,(H,25,28)(H,26,29);1H/b19-15-;. The van der Waals surface area contributed by atoms with Gasteiger partial charge in [0.15, 0.2) is 0 Å². The van der Waals surface area contributed by atoms with Crippen LogP contribution in [0.25, 0.3) is 16.5 Å². The van der Waals surface area contributed by atoms with Gasteiger partial charge < -0.3 is 14.5 Å². The maximum absolute atomic E-state index is 12.5. The third-order valence-electron chi connectivity index (χ3n) is 5.28. The average Bonchev–Trinajstić information content (AvgIpc) is 3.22. The van der Waals surface area contributed by atoms with Gasteiger partial charge in [-0.2, -0.15) is 0 Å². The van der Waals surface area contributed by atoms with Crippen molar-refractivity contribution in [1.82, 2.24) is 15.7 Å². The number of halogens is 1. The zero-order valence-corrected chi connectivity index (χ0v) is 18.8. The molecular formula is C24H26ClN3O5. The number of fused-ring (bicyclic) bond motifs is 1. The monoisotopic (exact) mass is 471 g/mol. The van der Waals surface area contributed by atoms with Crippen molar-refractivity contribution in [3.05, 3.63) is 72.0 Å². The molecule has 1 saturated heterocycles. The number of nitrogens with one attached hydrogen (secondary N) is 2. The average molecular weight is 472 g/mol. The summed E-state index contributed by atoms with van der Waals surface area (Å²) in [5.41, 5.74) is 3.54. The Balaban J connectivity index is 0.00000306. The molecule has 0 radical (unpaired) electrons. The van der Waals surface area contributed by atoms with Crippen molar-refractivity contribution in [2.24, 2.45) is 0 Å². The highest BCUT2D eigenvalue weighted by atomic mass is 35.5. The SMILES string of the molecule is Cl.O=C(/C=C(/CN1CCC1)c1cc2ccccc2o1)NCCOc1ccc(C(=O)NO)cc1.